The lowest BCUT2D eigenvalue weighted by Gasteiger charge is -2.17. The Labute approximate surface area is 131 Å². The maximum absolute atomic E-state index is 12.0. The van der Waals surface area contributed by atoms with Gasteiger partial charge in [0.15, 0.2) is 0 Å². The molecule has 1 aromatic rings. The first-order chi connectivity index (χ1) is 10.5. The standard InChI is InChI=1S/C17H25NO4/c1-4-5-6-15(17(20)21)18-16(19)11-12(2)13-7-9-14(22-3)10-8-13/h7-10,12,15H,4-6,11H2,1-3H3,(H,18,19)(H,20,21)/t12?,15-/m0/s1. The summed E-state index contributed by atoms with van der Waals surface area (Å²) in [6.45, 7) is 3.94. The van der Waals surface area contributed by atoms with Crippen LogP contribution in [0.3, 0.4) is 0 Å². The van der Waals surface area contributed by atoms with Gasteiger partial charge in [-0.2, -0.15) is 0 Å². The molecule has 0 saturated carbocycles. The minimum atomic E-state index is -0.973. The van der Waals surface area contributed by atoms with Crippen molar-refractivity contribution in [3.63, 3.8) is 0 Å². The second kappa shape index (κ2) is 9.07. The van der Waals surface area contributed by atoms with Crippen LogP contribution in [-0.2, 0) is 9.59 Å². The highest BCUT2D eigenvalue weighted by Crippen LogP contribution is 2.21. The molecule has 0 aliphatic heterocycles. The number of carboxylic acid groups (broad SMARTS) is 1. The first kappa shape index (κ1) is 18.0. The molecule has 5 heteroatoms. The van der Waals surface area contributed by atoms with Crippen molar-refractivity contribution in [3.05, 3.63) is 29.8 Å². The molecule has 122 valence electrons. The lowest BCUT2D eigenvalue weighted by Crippen LogP contribution is -2.41. The van der Waals surface area contributed by atoms with Crippen LogP contribution in [0.5, 0.6) is 5.75 Å². The van der Waals surface area contributed by atoms with Crippen molar-refractivity contribution in [2.45, 2.75) is 51.5 Å². The van der Waals surface area contributed by atoms with Crippen LogP contribution in [0.15, 0.2) is 24.3 Å². The van der Waals surface area contributed by atoms with E-state index in [0.29, 0.717) is 6.42 Å². The second-order valence-electron chi connectivity index (χ2n) is 5.48. The van der Waals surface area contributed by atoms with E-state index in [0.717, 1.165) is 24.2 Å². The van der Waals surface area contributed by atoms with Gasteiger partial charge in [-0.25, -0.2) is 4.79 Å². The van der Waals surface area contributed by atoms with E-state index in [4.69, 9.17) is 9.84 Å². The predicted molar refractivity (Wildman–Crippen MR) is 85.1 cm³/mol. The Hall–Kier alpha value is -2.04. The third kappa shape index (κ3) is 5.76. The van der Waals surface area contributed by atoms with E-state index in [1.807, 2.05) is 38.1 Å². The van der Waals surface area contributed by atoms with Crippen molar-refractivity contribution < 1.29 is 19.4 Å². The van der Waals surface area contributed by atoms with Crippen molar-refractivity contribution in [2.75, 3.05) is 7.11 Å². The van der Waals surface area contributed by atoms with Gasteiger partial charge in [-0.1, -0.05) is 38.8 Å². The number of methoxy groups -OCH3 is 1. The minimum absolute atomic E-state index is 0.0199. The van der Waals surface area contributed by atoms with Crippen molar-refractivity contribution in [1.82, 2.24) is 5.32 Å². The molecular formula is C17H25NO4. The molecule has 1 rings (SSSR count). The van der Waals surface area contributed by atoms with Gasteiger partial charge < -0.3 is 15.2 Å². The van der Waals surface area contributed by atoms with Crippen molar-refractivity contribution >= 4 is 11.9 Å². The van der Waals surface area contributed by atoms with Crippen LogP contribution in [0.1, 0.15) is 51.0 Å². The third-order valence-corrected chi connectivity index (χ3v) is 3.66. The van der Waals surface area contributed by atoms with Gasteiger partial charge in [0.1, 0.15) is 11.8 Å². The molecule has 0 fully saturated rings. The number of carbonyl (C=O) groups is 2. The van der Waals surface area contributed by atoms with Crippen molar-refractivity contribution in [3.8, 4) is 5.75 Å². The summed E-state index contributed by atoms with van der Waals surface area (Å²) < 4.78 is 5.10. The molecule has 1 unspecified atom stereocenters. The molecule has 1 aromatic carbocycles. The van der Waals surface area contributed by atoms with Gasteiger partial charge in [-0.3, -0.25) is 4.79 Å². The summed E-state index contributed by atoms with van der Waals surface area (Å²) in [6.07, 6.45) is 2.42. The van der Waals surface area contributed by atoms with E-state index in [2.05, 4.69) is 5.32 Å². The van der Waals surface area contributed by atoms with Gasteiger partial charge >= 0.3 is 5.97 Å². The quantitative estimate of drug-likeness (QED) is 0.735. The molecule has 0 spiro atoms. The highest BCUT2D eigenvalue weighted by Gasteiger charge is 2.20. The third-order valence-electron chi connectivity index (χ3n) is 3.66. The Morgan fingerprint density at radius 3 is 2.41 bits per heavy atom. The normalized spacial score (nSPS) is 13.2. The van der Waals surface area contributed by atoms with E-state index >= 15 is 0 Å². The summed E-state index contributed by atoms with van der Waals surface area (Å²) in [5.74, 6) is -0.414. The Morgan fingerprint density at radius 1 is 1.27 bits per heavy atom. The highest BCUT2D eigenvalue weighted by molar-refractivity contribution is 5.83. The zero-order valence-corrected chi connectivity index (χ0v) is 13.5. The molecule has 0 radical (unpaired) electrons. The fraction of sp³-hybridized carbons (Fsp3) is 0.529. The number of carboxylic acids is 1. The largest absolute Gasteiger partial charge is 0.497 e. The SMILES string of the molecule is CCCC[C@H](NC(=O)CC(C)c1ccc(OC)cc1)C(=O)O. The Kier molecular flexibility index (Phi) is 7.43. The Balaban J connectivity index is 2.56. The first-order valence-corrected chi connectivity index (χ1v) is 7.64. The Morgan fingerprint density at radius 2 is 1.91 bits per heavy atom. The number of unbranched alkanes of at least 4 members (excludes halogenated alkanes) is 1. The molecule has 22 heavy (non-hydrogen) atoms. The minimum Gasteiger partial charge on any atom is -0.497 e. The number of nitrogens with one attached hydrogen (secondary N) is 1. The molecule has 2 N–H and O–H groups in total. The number of ether oxygens (including phenoxy) is 1. The molecule has 5 nitrogen and oxygen atoms in total. The van der Waals surface area contributed by atoms with Crippen LogP contribution in [0.2, 0.25) is 0 Å². The maximum Gasteiger partial charge on any atom is 0.326 e. The zero-order chi connectivity index (χ0) is 16.5. The van der Waals surface area contributed by atoms with E-state index in [1.165, 1.54) is 0 Å². The summed E-state index contributed by atoms with van der Waals surface area (Å²) in [4.78, 5) is 23.2. The number of benzene rings is 1. The Bertz CT molecular complexity index is 484. The fourth-order valence-electron chi connectivity index (χ4n) is 2.25. The van der Waals surface area contributed by atoms with Crippen molar-refractivity contribution in [2.24, 2.45) is 0 Å². The van der Waals surface area contributed by atoms with E-state index < -0.39 is 12.0 Å². The van der Waals surface area contributed by atoms with Gasteiger partial charge in [0.2, 0.25) is 5.91 Å². The van der Waals surface area contributed by atoms with E-state index in [9.17, 15) is 9.59 Å². The summed E-state index contributed by atoms with van der Waals surface area (Å²) in [5.41, 5.74) is 1.02. The average Bonchev–Trinajstić information content (AvgIpc) is 2.51. The van der Waals surface area contributed by atoms with Crippen LogP contribution in [0, 0.1) is 0 Å². The number of hydrogen-bond acceptors (Lipinski definition) is 3. The summed E-state index contributed by atoms with van der Waals surface area (Å²) in [7, 11) is 1.61. The van der Waals surface area contributed by atoms with Crippen LogP contribution in [0.25, 0.3) is 0 Å². The lowest BCUT2D eigenvalue weighted by atomic mass is 9.97. The number of aliphatic carboxylic acids is 1. The van der Waals surface area contributed by atoms with Crippen LogP contribution in [-0.4, -0.2) is 30.1 Å². The van der Waals surface area contributed by atoms with Crippen LogP contribution in [0.4, 0.5) is 0 Å². The van der Waals surface area contributed by atoms with Crippen LogP contribution < -0.4 is 10.1 Å². The molecule has 0 aliphatic rings. The summed E-state index contributed by atoms with van der Waals surface area (Å²) >= 11 is 0. The predicted octanol–water partition coefficient (Wildman–Crippen LogP) is 2.95. The fourth-order valence-corrected chi connectivity index (χ4v) is 2.25. The van der Waals surface area contributed by atoms with Crippen LogP contribution >= 0.6 is 0 Å². The van der Waals surface area contributed by atoms with Crippen molar-refractivity contribution in [1.29, 1.82) is 0 Å². The molecule has 1 amide bonds. The molecular weight excluding hydrogens is 282 g/mol. The molecule has 0 aliphatic carbocycles. The molecule has 0 aromatic heterocycles. The number of hydrogen-bond donors (Lipinski definition) is 2. The average molecular weight is 307 g/mol. The number of carbonyl (C=O) groups excluding carboxylic acids is 1. The van der Waals surface area contributed by atoms with Gasteiger partial charge in [-0.15, -0.1) is 0 Å². The van der Waals surface area contributed by atoms with Gasteiger partial charge in [0.05, 0.1) is 7.11 Å². The molecule has 0 bridgehead atoms. The second-order valence-corrected chi connectivity index (χ2v) is 5.48. The highest BCUT2D eigenvalue weighted by atomic mass is 16.5. The summed E-state index contributed by atoms with van der Waals surface area (Å²) in [6, 6.07) is 6.75. The molecule has 0 saturated heterocycles. The molecule has 2 atom stereocenters. The van der Waals surface area contributed by atoms with E-state index in [1.54, 1.807) is 7.11 Å². The zero-order valence-electron chi connectivity index (χ0n) is 13.5. The topological polar surface area (TPSA) is 75.6 Å². The number of amides is 1. The summed E-state index contributed by atoms with van der Waals surface area (Å²) in [5, 5.41) is 11.7. The smallest absolute Gasteiger partial charge is 0.326 e. The lowest BCUT2D eigenvalue weighted by molar-refractivity contribution is -0.142. The monoisotopic (exact) mass is 307 g/mol. The first-order valence-electron chi connectivity index (χ1n) is 7.64. The maximum atomic E-state index is 12.0. The van der Waals surface area contributed by atoms with Gasteiger partial charge in [-0.05, 0) is 30.0 Å². The van der Waals surface area contributed by atoms with E-state index in [-0.39, 0.29) is 18.2 Å². The molecule has 0 heterocycles. The van der Waals surface area contributed by atoms with Gasteiger partial charge in [0.25, 0.3) is 0 Å². The van der Waals surface area contributed by atoms with Gasteiger partial charge in [0, 0.05) is 6.42 Å². The number of rotatable bonds is 9.